The minimum atomic E-state index is 0.464. The zero-order valence-electron chi connectivity index (χ0n) is 15.8. The number of likely N-dealkylation sites (tertiary alicyclic amines) is 1. The Hall–Kier alpha value is -2.40. The van der Waals surface area contributed by atoms with Crippen LogP contribution < -0.4 is 5.32 Å². The predicted octanol–water partition coefficient (Wildman–Crippen LogP) is 3.67. The van der Waals surface area contributed by atoms with Crippen LogP contribution in [0.2, 0.25) is 0 Å². The number of rotatable bonds is 4. The number of aryl methyl sites for hydroxylation is 2. The van der Waals surface area contributed by atoms with Crippen LogP contribution in [0.1, 0.15) is 35.6 Å². The summed E-state index contributed by atoms with van der Waals surface area (Å²) in [7, 11) is 2.18. The molecule has 0 unspecified atom stereocenters. The van der Waals surface area contributed by atoms with Crippen LogP contribution in [0.4, 0.5) is 5.82 Å². The number of hydrogen-bond acceptors (Lipinski definition) is 4. The normalized spacial score (nSPS) is 18.3. The van der Waals surface area contributed by atoms with Gasteiger partial charge in [-0.15, -0.1) is 0 Å². The number of nitrogens with one attached hydrogen (secondary N) is 2. The van der Waals surface area contributed by atoms with E-state index >= 15 is 0 Å². The maximum atomic E-state index is 4.69. The van der Waals surface area contributed by atoms with Gasteiger partial charge in [0.25, 0.3) is 0 Å². The van der Waals surface area contributed by atoms with Crippen molar-refractivity contribution in [2.24, 2.45) is 0 Å². The van der Waals surface area contributed by atoms with Gasteiger partial charge >= 0.3 is 0 Å². The number of likely N-dealkylation sites (N-methyl/N-ethyl adjacent to an activating group) is 1. The van der Waals surface area contributed by atoms with E-state index in [9.17, 15) is 0 Å². The van der Waals surface area contributed by atoms with Crippen LogP contribution in [0, 0.1) is 13.8 Å². The number of piperidine rings is 1. The first-order chi connectivity index (χ1) is 12.6. The fraction of sp³-hybridized carbons (Fsp3) is 0.429. The van der Waals surface area contributed by atoms with E-state index in [1.807, 2.05) is 6.92 Å². The molecule has 1 aromatic carbocycles. The third kappa shape index (κ3) is 3.58. The molecular formula is C21H27N5. The third-order valence-electron chi connectivity index (χ3n) is 5.25. The quantitative estimate of drug-likeness (QED) is 0.754. The first-order valence-corrected chi connectivity index (χ1v) is 9.44. The van der Waals surface area contributed by atoms with Crippen molar-refractivity contribution in [1.82, 2.24) is 19.9 Å². The van der Waals surface area contributed by atoms with Gasteiger partial charge < -0.3 is 15.2 Å². The SMILES string of the molecule is Cc1nc(Cc2c(C)[nH]c3ccccc23)cc(N[C@@H]2CCCN(C)C2)n1. The van der Waals surface area contributed by atoms with Crippen molar-refractivity contribution in [3.63, 3.8) is 0 Å². The summed E-state index contributed by atoms with van der Waals surface area (Å²) >= 11 is 0. The van der Waals surface area contributed by atoms with Crippen molar-refractivity contribution < 1.29 is 0 Å². The van der Waals surface area contributed by atoms with Gasteiger partial charge in [0.1, 0.15) is 11.6 Å². The van der Waals surface area contributed by atoms with Crippen LogP contribution in [0.3, 0.4) is 0 Å². The Bertz CT molecular complexity index is 914. The van der Waals surface area contributed by atoms with Gasteiger partial charge in [-0.1, -0.05) is 18.2 Å². The number of aromatic amines is 1. The molecule has 0 spiro atoms. The highest BCUT2D eigenvalue weighted by atomic mass is 15.2. The Balaban J connectivity index is 1.58. The first kappa shape index (κ1) is 17.0. The summed E-state index contributed by atoms with van der Waals surface area (Å²) in [6.07, 6.45) is 3.25. The Morgan fingerprint density at radius 3 is 2.92 bits per heavy atom. The van der Waals surface area contributed by atoms with Gasteiger partial charge in [0, 0.05) is 41.7 Å². The Morgan fingerprint density at radius 2 is 2.08 bits per heavy atom. The standard InChI is InChI=1S/C21H27N5/c1-14-19(18-8-4-5-9-20(18)22-14)11-17-12-21(24-15(2)23-17)25-16-7-6-10-26(3)13-16/h4-5,8-9,12,16,22H,6-7,10-11,13H2,1-3H3,(H,23,24,25)/t16-/m1/s1. The molecule has 1 saturated heterocycles. The molecule has 2 aromatic heterocycles. The van der Waals surface area contributed by atoms with Crippen molar-refractivity contribution in [2.45, 2.75) is 39.2 Å². The number of aromatic nitrogens is 3. The summed E-state index contributed by atoms with van der Waals surface area (Å²) in [4.78, 5) is 15.2. The van der Waals surface area contributed by atoms with Crippen LogP contribution in [-0.4, -0.2) is 46.0 Å². The van der Waals surface area contributed by atoms with Crippen molar-refractivity contribution >= 4 is 16.7 Å². The molecule has 1 aliphatic heterocycles. The maximum absolute atomic E-state index is 4.69. The van der Waals surface area contributed by atoms with Gasteiger partial charge in [0.05, 0.1) is 5.69 Å². The lowest BCUT2D eigenvalue weighted by Gasteiger charge is -2.30. The van der Waals surface area contributed by atoms with Crippen LogP contribution in [0.15, 0.2) is 30.3 Å². The number of H-pyrrole nitrogens is 1. The summed E-state index contributed by atoms with van der Waals surface area (Å²) in [6.45, 7) is 6.37. The third-order valence-corrected chi connectivity index (χ3v) is 5.25. The Labute approximate surface area is 154 Å². The monoisotopic (exact) mass is 349 g/mol. The Morgan fingerprint density at radius 1 is 1.23 bits per heavy atom. The molecule has 26 heavy (non-hydrogen) atoms. The lowest BCUT2D eigenvalue weighted by atomic mass is 10.0. The highest BCUT2D eigenvalue weighted by Crippen LogP contribution is 2.25. The van der Waals surface area contributed by atoms with Gasteiger partial charge in [-0.05, 0) is 51.9 Å². The highest BCUT2D eigenvalue weighted by Gasteiger charge is 2.18. The van der Waals surface area contributed by atoms with Gasteiger partial charge in [-0.25, -0.2) is 9.97 Å². The summed E-state index contributed by atoms with van der Waals surface area (Å²) in [5.41, 5.74) is 4.79. The zero-order valence-corrected chi connectivity index (χ0v) is 15.8. The van der Waals surface area contributed by atoms with Crippen molar-refractivity contribution in [3.8, 4) is 0 Å². The number of benzene rings is 1. The van der Waals surface area contributed by atoms with Crippen LogP contribution in [0.25, 0.3) is 10.9 Å². The average Bonchev–Trinajstić information content (AvgIpc) is 2.90. The van der Waals surface area contributed by atoms with E-state index < -0.39 is 0 Å². The fourth-order valence-electron chi connectivity index (χ4n) is 4.03. The van der Waals surface area contributed by atoms with Gasteiger partial charge in [0.2, 0.25) is 0 Å². The molecule has 0 bridgehead atoms. The largest absolute Gasteiger partial charge is 0.366 e. The zero-order chi connectivity index (χ0) is 18.1. The molecule has 0 radical (unpaired) electrons. The number of anilines is 1. The highest BCUT2D eigenvalue weighted by molar-refractivity contribution is 5.84. The number of para-hydroxylation sites is 1. The fourth-order valence-corrected chi connectivity index (χ4v) is 4.03. The predicted molar refractivity (Wildman–Crippen MR) is 107 cm³/mol. The van der Waals surface area contributed by atoms with E-state index in [4.69, 9.17) is 0 Å². The molecule has 0 amide bonds. The molecular weight excluding hydrogens is 322 g/mol. The molecule has 1 aliphatic rings. The van der Waals surface area contributed by atoms with Gasteiger partial charge in [-0.2, -0.15) is 0 Å². The molecule has 4 rings (SSSR count). The van der Waals surface area contributed by atoms with E-state index in [2.05, 4.69) is 69.5 Å². The molecule has 2 N–H and O–H groups in total. The second-order valence-corrected chi connectivity index (χ2v) is 7.49. The van der Waals surface area contributed by atoms with E-state index in [1.165, 1.54) is 41.5 Å². The minimum Gasteiger partial charge on any atom is -0.366 e. The van der Waals surface area contributed by atoms with Crippen LogP contribution in [-0.2, 0) is 6.42 Å². The van der Waals surface area contributed by atoms with Gasteiger partial charge in [-0.3, -0.25) is 0 Å². The molecule has 1 fully saturated rings. The summed E-state index contributed by atoms with van der Waals surface area (Å²) < 4.78 is 0. The van der Waals surface area contributed by atoms with Crippen LogP contribution in [0.5, 0.6) is 0 Å². The lowest BCUT2D eigenvalue weighted by molar-refractivity contribution is 0.260. The van der Waals surface area contributed by atoms with E-state index in [0.29, 0.717) is 6.04 Å². The van der Waals surface area contributed by atoms with Crippen molar-refractivity contribution in [3.05, 3.63) is 53.1 Å². The molecule has 3 heterocycles. The molecule has 1 atom stereocenters. The molecule has 3 aromatic rings. The molecule has 0 aliphatic carbocycles. The second-order valence-electron chi connectivity index (χ2n) is 7.49. The van der Waals surface area contributed by atoms with Crippen LogP contribution >= 0.6 is 0 Å². The number of hydrogen-bond donors (Lipinski definition) is 2. The van der Waals surface area contributed by atoms with Gasteiger partial charge in [0.15, 0.2) is 0 Å². The second kappa shape index (κ2) is 7.08. The smallest absolute Gasteiger partial charge is 0.130 e. The molecule has 5 nitrogen and oxygen atoms in total. The first-order valence-electron chi connectivity index (χ1n) is 9.44. The topological polar surface area (TPSA) is 56.8 Å². The summed E-state index contributed by atoms with van der Waals surface area (Å²) in [5, 5.41) is 4.91. The van der Waals surface area contributed by atoms with E-state index in [1.54, 1.807) is 0 Å². The minimum absolute atomic E-state index is 0.464. The number of fused-ring (bicyclic) bond motifs is 1. The maximum Gasteiger partial charge on any atom is 0.130 e. The molecule has 5 heteroatoms. The average molecular weight is 349 g/mol. The lowest BCUT2D eigenvalue weighted by Crippen LogP contribution is -2.39. The van der Waals surface area contributed by atoms with E-state index in [0.717, 1.165) is 30.3 Å². The van der Waals surface area contributed by atoms with Crippen molar-refractivity contribution in [1.29, 1.82) is 0 Å². The Kier molecular flexibility index (Phi) is 4.64. The van der Waals surface area contributed by atoms with E-state index in [-0.39, 0.29) is 0 Å². The molecule has 0 saturated carbocycles. The number of nitrogens with zero attached hydrogens (tertiary/aromatic N) is 3. The summed E-state index contributed by atoms with van der Waals surface area (Å²) in [5.74, 6) is 1.77. The molecule has 136 valence electrons. The van der Waals surface area contributed by atoms with Crippen molar-refractivity contribution in [2.75, 3.05) is 25.5 Å². The summed E-state index contributed by atoms with van der Waals surface area (Å²) in [6, 6.07) is 11.0.